The van der Waals surface area contributed by atoms with Gasteiger partial charge in [0.1, 0.15) is 5.69 Å². The van der Waals surface area contributed by atoms with Gasteiger partial charge in [-0.25, -0.2) is 4.79 Å². The summed E-state index contributed by atoms with van der Waals surface area (Å²) in [5.41, 5.74) is -0.299. The Morgan fingerprint density at radius 1 is 1.12 bits per heavy atom. The summed E-state index contributed by atoms with van der Waals surface area (Å²) in [5, 5.41) is 0. The van der Waals surface area contributed by atoms with Crippen LogP contribution in [0.25, 0.3) is 12.2 Å². The number of hydrogen-bond acceptors (Lipinski definition) is 3. The maximum absolute atomic E-state index is 12.7. The molecule has 0 saturated carbocycles. The second kappa shape index (κ2) is 7.33. The van der Waals surface area contributed by atoms with Crippen LogP contribution < -0.4 is 10.6 Å². The van der Waals surface area contributed by atoms with E-state index in [1.165, 1.54) is 6.08 Å². The van der Waals surface area contributed by atoms with Crippen LogP contribution in [0.4, 0.5) is 18.9 Å². The molecule has 0 aliphatic heterocycles. The molecule has 1 N–H and O–H groups in total. The van der Waals surface area contributed by atoms with Gasteiger partial charge in [0, 0.05) is 18.8 Å². The molecule has 2 aromatic rings. The van der Waals surface area contributed by atoms with E-state index in [2.05, 4.69) is 23.7 Å². The molecule has 1 aromatic heterocycles. The van der Waals surface area contributed by atoms with Gasteiger partial charge in [-0.05, 0) is 43.7 Å². The molecule has 0 radical (unpaired) electrons. The molecule has 7 heteroatoms. The fourth-order valence-electron chi connectivity index (χ4n) is 2.28. The van der Waals surface area contributed by atoms with Crippen molar-refractivity contribution in [1.29, 1.82) is 0 Å². The third-order valence-electron chi connectivity index (χ3n) is 3.54. The van der Waals surface area contributed by atoms with E-state index in [1.807, 2.05) is 24.3 Å². The third-order valence-corrected chi connectivity index (χ3v) is 3.54. The van der Waals surface area contributed by atoms with E-state index in [-0.39, 0.29) is 5.69 Å². The Bertz CT molecular complexity index is 760. The van der Waals surface area contributed by atoms with Crippen LogP contribution in [0, 0.1) is 0 Å². The number of H-pyrrole nitrogens is 1. The van der Waals surface area contributed by atoms with Crippen molar-refractivity contribution in [2.45, 2.75) is 20.0 Å². The minimum atomic E-state index is -4.61. The topological polar surface area (TPSA) is 49.0 Å². The lowest BCUT2D eigenvalue weighted by atomic mass is 10.1. The lowest BCUT2D eigenvalue weighted by molar-refractivity contribution is -0.141. The van der Waals surface area contributed by atoms with E-state index in [9.17, 15) is 18.0 Å². The van der Waals surface area contributed by atoms with Gasteiger partial charge in [0.05, 0.1) is 5.69 Å². The first-order valence-electron chi connectivity index (χ1n) is 7.55. The summed E-state index contributed by atoms with van der Waals surface area (Å²) < 4.78 is 38.0. The minimum Gasteiger partial charge on any atom is -0.372 e. The van der Waals surface area contributed by atoms with Gasteiger partial charge >= 0.3 is 11.9 Å². The number of hydrogen-bond donors (Lipinski definition) is 1. The molecule has 0 atom stereocenters. The number of rotatable bonds is 5. The lowest BCUT2D eigenvalue weighted by Gasteiger charge is -2.20. The van der Waals surface area contributed by atoms with Crippen LogP contribution in [-0.2, 0) is 6.18 Å². The number of aromatic amines is 1. The molecule has 0 saturated heterocycles. The van der Waals surface area contributed by atoms with Gasteiger partial charge in [-0.15, -0.1) is 0 Å². The molecule has 0 aliphatic rings. The second-order valence-electron chi connectivity index (χ2n) is 5.12. The fourth-order valence-corrected chi connectivity index (χ4v) is 2.28. The molecule has 24 heavy (non-hydrogen) atoms. The predicted octanol–water partition coefficient (Wildman–Crippen LogP) is 3.81. The minimum absolute atomic E-state index is 0.0427. The van der Waals surface area contributed by atoms with Crippen molar-refractivity contribution in [3.63, 3.8) is 0 Å². The summed E-state index contributed by atoms with van der Waals surface area (Å²) in [6.07, 6.45) is -1.61. The van der Waals surface area contributed by atoms with E-state index in [4.69, 9.17) is 0 Å². The van der Waals surface area contributed by atoms with E-state index in [0.717, 1.165) is 30.4 Å². The number of halogens is 3. The Balaban J connectivity index is 2.22. The van der Waals surface area contributed by atoms with Crippen molar-refractivity contribution in [2.24, 2.45) is 0 Å². The van der Waals surface area contributed by atoms with Crippen LogP contribution in [0.2, 0.25) is 0 Å². The molecule has 0 fully saturated rings. The number of nitrogens with zero attached hydrogens (tertiary/aromatic N) is 2. The highest BCUT2D eigenvalue weighted by molar-refractivity contribution is 5.69. The largest absolute Gasteiger partial charge is 0.431 e. The highest BCUT2D eigenvalue weighted by Crippen LogP contribution is 2.27. The Kier molecular flexibility index (Phi) is 5.43. The third kappa shape index (κ3) is 4.47. The quantitative estimate of drug-likeness (QED) is 0.903. The first-order valence-corrected chi connectivity index (χ1v) is 7.55. The first-order chi connectivity index (χ1) is 11.3. The standard InChI is InChI=1S/C17H18F3N3O/c1-3-23(4-2)14-9-6-12(7-10-14)5-8-13-11-15(17(18,19)20)22-16(24)21-13/h5-11H,3-4H2,1-2H3,(H,21,22,24)/b8-5+. The van der Waals surface area contributed by atoms with E-state index < -0.39 is 17.6 Å². The average Bonchev–Trinajstić information content (AvgIpc) is 2.54. The lowest BCUT2D eigenvalue weighted by Crippen LogP contribution is -2.21. The molecule has 0 spiro atoms. The van der Waals surface area contributed by atoms with Gasteiger partial charge in [0.15, 0.2) is 0 Å². The van der Waals surface area contributed by atoms with Crippen molar-refractivity contribution in [1.82, 2.24) is 9.97 Å². The van der Waals surface area contributed by atoms with Crippen LogP contribution in [0.5, 0.6) is 0 Å². The summed E-state index contributed by atoms with van der Waals surface area (Å²) in [4.78, 5) is 18.6. The Hall–Kier alpha value is -2.57. The maximum Gasteiger partial charge on any atom is 0.431 e. The van der Waals surface area contributed by atoms with Crippen molar-refractivity contribution in [2.75, 3.05) is 18.0 Å². The molecule has 0 amide bonds. The zero-order valence-electron chi connectivity index (χ0n) is 13.4. The Morgan fingerprint density at radius 2 is 1.75 bits per heavy atom. The van der Waals surface area contributed by atoms with Gasteiger partial charge in [-0.3, -0.25) is 0 Å². The fraction of sp³-hybridized carbons (Fsp3) is 0.294. The molecule has 4 nitrogen and oxygen atoms in total. The summed E-state index contributed by atoms with van der Waals surface area (Å²) in [6, 6.07) is 8.42. The van der Waals surface area contributed by atoms with Crippen LogP contribution in [0.1, 0.15) is 30.8 Å². The van der Waals surface area contributed by atoms with Crippen molar-refractivity contribution >= 4 is 17.8 Å². The number of nitrogens with one attached hydrogen (secondary N) is 1. The van der Waals surface area contributed by atoms with Gasteiger partial charge in [0.25, 0.3) is 0 Å². The van der Waals surface area contributed by atoms with E-state index in [1.54, 1.807) is 11.1 Å². The highest BCUT2D eigenvalue weighted by Gasteiger charge is 2.32. The van der Waals surface area contributed by atoms with Crippen molar-refractivity contribution < 1.29 is 13.2 Å². The Labute approximate surface area is 137 Å². The highest BCUT2D eigenvalue weighted by atomic mass is 19.4. The Morgan fingerprint density at radius 3 is 2.29 bits per heavy atom. The van der Waals surface area contributed by atoms with Gasteiger partial charge in [-0.2, -0.15) is 18.2 Å². The number of anilines is 1. The summed E-state index contributed by atoms with van der Waals surface area (Å²) >= 11 is 0. The first kappa shape index (κ1) is 17.8. The second-order valence-corrected chi connectivity index (χ2v) is 5.12. The van der Waals surface area contributed by atoms with E-state index >= 15 is 0 Å². The molecular formula is C17H18F3N3O. The normalized spacial score (nSPS) is 11.9. The summed E-state index contributed by atoms with van der Waals surface area (Å²) in [6.45, 7) is 5.91. The molecule has 0 bridgehead atoms. The van der Waals surface area contributed by atoms with Crippen molar-refractivity contribution in [3.8, 4) is 0 Å². The summed E-state index contributed by atoms with van der Waals surface area (Å²) in [7, 11) is 0. The molecule has 1 aromatic carbocycles. The molecular weight excluding hydrogens is 319 g/mol. The number of aromatic nitrogens is 2. The van der Waals surface area contributed by atoms with Gasteiger partial charge < -0.3 is 9.88 Å². The average molecular weight is 337 g/mol. The monoisotopic (exact) mass is 337 g/mol. The van der Waals surface area contributed by atoms with E-state index in [0.29, 0.717) is 0 Å². The summed E-state index contributed by atoms with van der Waals surface area (Å²) in [5.74, 6) is 0. The number of alkyl halides is 3. The predicted molar refractivity (Wildman–Crippen MR) is 88.8 cm³/mol. The number of benzene rings is 1. The molecule has 0 unspecified atom stereocenters. The van der Waals surface area contributed by atoms with Crippen LogP contribution in [0.15, 0.2) is 35.1 Å². The zero-order chi connectivity index (χ0) is 17.7. The maximum atomic E-state index is 12.7. The smallest absolute Gasteiger partial charge is 0.372 e. The molecule has 128 valence electrons. The van der Waals surface area contributed by atoms with Crippen LogP contribution in [-0.4, -0.2) is 23.1 Å². The zero-order valence-corrected chi connectivity index (χ0v) is 13.4. The van der Waals surface area contributed by atoms with Gasteiger partial charge in [0.2, 0.25) is 0 Å². The van der Waals surface area contributed by atoms with Crippen LogP contribution in [0.3, 0.4) is 0 Å². The van der Waals surface area contributed by atoms with Crippen molar-refractivity contribution in [3.05, 3.63) is 57.8 Å². The molecule has 0 aliphatic carbocycles. The molecule has 1 heterocycles. The van der Waals surface area contributed by atoms with Gasteiger partial charge in [-0.1, -0.05) is 18.2 Å². The van der Waals surface area contributed by atoms with Crippen LogP contribution >= 0.6 is 0 Å². The molecule has 2 rings (SSSR count). The SMILES string of the molecule is CCN(CC)c1ccc(/C=C/c2cc(C(F)(F)F)[nH]c(=O)n2)cc1.